The van der Waals surface area contributed by atoms with Crippen LogP contribution in [0.15, 0.2) is 57.7 Å². The minimum absolute atomic E-state index is 0.0326. The van der Waals surface area contributed by atoms with Gasteiger partial charge in [0.2, 0.25) is 5.91 Å². The van der Waals surface area contributed by atoms with Crippen LogP contribution in [0.3, 0.4) is 0 Å². The summed E-state index contributed by atoms with van der Waals surface area (Å²) in [6, 6.07) is 14.9. The highest BCUT2D eigenvalue weighted by molar-refractivity contribution is 5.88. The third-order valence-electron chi connectivity index (χ3n) is 4.86. The molecule has 1 N–H and O–H groups in total. The number of fused-ring (bicyclic) bond motifs is 2. The van der Waals surface area contributed by atoms with Crippen LogP contribution in [0.25, 0.3) is 11.0 Å². The molecule has 1 aliphatic carbocycles. The van der Waals surface area contributed by atoms with Crippen LogP contribution in [-0.4, -0.2) is 13.0 Å². The molecule has 5 nitrogen and oxygen atoms in total. The summed E-state index contributed by atoms with van der Waals surface area (Å²) in [4.78, 5) is 24.4. The number of hydrogen-bond acceptors (Lipinski definition) is 4. The van der Waals surface area contributed by atoms with Crippen LogP contribution in [0.1, 0.15) is 29.2 Å². The minimum atomic E-state index is -0.472. The lowest BCUT2D eigenvalue weighted by Gasteiger charge is -2.14. The van der Waals surface area contributed by atoms with Crippen molar-refractivity contribution in [1.29, 1.82) is 0 Å². The third kappa shape index (κ3) is 3.08. The Morgan fingerprint density at radius 2 is 2.08 bits per heavy atom. The Morgan fingerprint density at radius 1 is 1.23 bits per heavy atom. The van der Waals surface area contributed by atoms with Crippen molar-refractivity contribution in [3.63, 3.8) is 0 Å². The van der Waals surface area contributed by atoms with E-state index in [9.17, 15) is 9.59 Å². The summed E-state index contributed by atoms with van der Waals surface area (Å²) in [6.07, 6.45) is 2.01. The number of aryl methyl sites for hydroxylation is 1. The molecule has 5 heteroatoms. The molecule has 132 valence electrons. The Morgan fingerprint density at radius 3 is 2.92 bits per heavy atom. The van der Waals surface area contributed by atoms with E-state index in [0.29, 0.717) is 16.9 Å². The second kappa shape index (κ2) is 6.67. The van der Waals surface area contributed by atoms with Gasteiger partial charge in [0, 0.05) is 17.5 Å². The fourth-order valence-electron chi connectivity index (χ4n) is 3.61. The summed E-state index contributed by atoms with van der Waals surface area (Å²) in [7, 11) is 1.55. The van der Waals surface area contributed by atoms with Crippen molar-refractivity contribution in [3.8, 4) is 5.75 Å². The molecule has 3 aromatic rings. The molecule has 1 atom stereocenters. The fourth-order valence-corrected chi connectivity index (χ4v) is 3.61. The first-order chi connectivity index (χ1) is 12.6. The van der Waals surface area contributed by atoms with E-state index in [0.717, 1.165) is 18.2 Å². The first-order valence-electron chi connectivity index (χ1n) is 8.62. The predicted molar refractivity (Wildman–Crippen MR) is 98.4 cm³/mol. The first-order valence-corrected chi connectivity index (χ1v) is 8.62. The topological polar surface area (TPSA) is 68.5 Å². The molecule has 1 aliphatic rings. The standard InChI is InChI=1S/C21H19NO4/c1-25-15-7-8-17-14(11-21(24)26-19(17)12-15)10-20(23)22-18-9-6-13-4-2-3-5-16(13)18/h2-5,7-8,11-12,18H,6,9-10H2,1H3,(H,22,23)/t18-/m0/s1. The zero-order chi connectivity index (χ0) is 18.1. The van der Waals surface area contributed by atoms with Gasteiger partial charge in [-0.25, -0.2) is 4.79 Å². The monoisotopic (exact) mass is 349 g/mol. The Labute approximate surface area is 150 Å². The van der Waals surface area contributed by atoms with E-state index in [-0.39, 0.29) is 18.4 Å². The van der Waals surface area contributed by atoms with Crippen molar-refractivity contribution < 1.29 is 13.9 Å². The molecule has 1 heterocycles. The number of rotatable bonds is 4. The van der Waals surface area contributed by atoms with Gasteiger partial charge < -0.3 is 14.5 Å². The number of carbonyl (C=O) groups is 1. The van der Waals surface area contributed by atoms with Crippen LogP contribution >= 0.6 is 0 Å². The molecule has 1 aromatic heterocycles. The number of nitrogens with one attached hydrogen (secondary N) is 1. The lowest BCUT2D eigenvalue weighted by molar-refractivity contribution is -0.121. The average Bonchev–Trinajstić information content (AvgIpc) is 3.04. The zero-order valence-corrected chi connectivity index (χ0v) is 14.5. The quantitative estimate of drug-likeness (QED) is 0.735. The van der Waals surface area contributed by atoms with Crippen LogP contribution in [0.4, 0.5) is 0 Å². The number of carbonyl (C=O) groups excluding carboxylic acids is 1. The SMILES string of the molecule is COc1ccc2c(CC(=O)N[C@H]3CCc4ccccc43)cc(=O)oc2c1. The lowest BCUT2D eigenvalue weighted by atomic mass is 10.1. The fraction of sp³-hybridized carbons (Fsp3) is 0.238. The van der Waals surface area contributed by atoms with Crippen LogP contribution in [0.2, 0.25) is 0 Å². The summed E-state index contributed by atoms with van der Waals surface area (Å²) < 4.78 is 10.4. The summed E-state index contributed by atoms with van der Waals surface area (Å²) in [5.41, 5.74) is 3.08. The van der Waals surface area contributed by atoms with Gasteiger partial charge in [-0.15, -0.1) is 0 Å². The normalized spacial score (nSPS) is 15.7. The van der Waals surface area contributed by atoms with Crippen LogP contribution < -0.4 is 15.7 Å². The second-order valence-electron chi connectivity index (χ2n) is 6.49. The molecule has 0 saturated carbocycles. The lowest BCUT2D eigenvalue weighted by Crippen LogP contribution is -2.28. The minimum Gasteiger partial charge on any atom is -0.497 e. The summed E-state index contributed by atoms with van der Waals surface area (Å²) in [5, 5.41) is 3.84. The van der Waals surface area contributed by atoms with Gasteiger partial charge in [-0.3, -0.25) is 4.79 Å². The molecule has 0 fully saturated rings. The predicted octanol–water partition coefficient (Wildman–Crippen LogP) is 3.15. The molecule has 0 saturated heterocycles. The molecular weight excluding hydrogens is 330 g/mol. The van der Waals surface area contributed by atoms with Gasteiger partial charge in [-0.2, -0.15) is 0 Å². The molecule has 0 aliphatic heterocycles. The summed E-state index contributed by atoms with van der Waals surface area (Å²) >= 11 is 0. The highest BCUT2D eigenvalue weighted by Crippen LogP contribution is 2.31. The summed E-state index contributed by atoms with van der Waals surface area (Å²) in [5.74, 6) is 0.499. The van der Waals surface area contributed by atoms with Crippen molar-refractivity contribution in [1.82, 2.24) is 5.32 Å². The number of ether oxygens (including phenoxy) is 1. The van der Waals surface area contributed by atoms with E-state index < -0.39 is 5.63 Å². The molecule has 0 unspecified atom stereocenters. The molecule has 0 bridgehead atoms. The zero-order valence-electron chi connectivity index (χ0n) is 14.5. The maximum absolute atomic E-state index is 12.6. The summed E-state index contributed by atoms with van der Waals surface area (Å²) in [6.45, 7) is 0. The molecule has 2 aromatic carbocycles. The smallest absolute Gasteiger partial charge is 0.336 e. The number of amides is 1. The molecule has 0 radical (unpaired) electrons. The molecular formula is C21H19NO4. The van der Waals surface area contributed by atoms with Gasteiger partial charge >= 0.3 is 5.63 Å². The van der Waals surface area contributed by atoms with Gasteiger partial charge in [0.25, 0.3) is 0 Å². The van der Waals surface area contributed by atoms with Crippen LogP contribution in [0, 0.1) is 0 Å². The van der Waals surface area contributed by atoms with E-state index in [1.807, 2.05) is 18.2 Å². The van der Waals surface area contributed by atoms with E-state index in [4.69, 9.17) is 9.15 Å². The van der Waals surface area contributed by atoms with Crippen molar-refractivity contribution in [2.24, 2.45) is 0 Å². The van der Waals surface area contributed by atoms with E-state index >= 15 is 0 Å². The Kier molecular flexibility index (Phi) is 4.21. The highest BCUT2D eigenvalue weighted by Gasteiger charge is 2.23. The number of benzene rings is 2. The molecule has 4 rings (SSSR count). The van der Waals surface area contributed by atoms with Crippen LogP contribution in [0.5, 0.6) is 5.75 Å². The maximum Gasteiger partial charge on any atom is 0.336 e. The van der Waals surface area contributed by atoms with Gasteiger partial charge in [0.15, 0.2) is 0 Å². The third-order valence-corrected chi connectivity index (χ3v) is 4.86. The molecule has 26 heavy (non-hydrogen) atoms. The van der Waals surface area contributed by atoms with Crippen molar-refractivity contribution >= 4 is 16.9 Å². The Hall–Kier alpha value is -3.08. The van der Waals surface area contributed by atoms with Crippen molar-refractivity contribution in [2.45, 2.75) is 25.3 Å². The largest absolute Gasteiger partial charge is 0.497 e. The van der Waals surface area contributed by atoms with Crippen LogP contribution in [-0.2, 0) is 17.6 Å². The Bertz CT molecular complexity index is 1040. The Balaban J connectivity index is 1.57. The average molecular weight is 349 g/mol. The molecule has 0 spiro atoms. The van der Waals surface area contributed by atoms with Crippen molar-refractivity contribution in [2.75, 3.05) is 7.11 Å². The maximum atomic E-state index is 12.6. The highest BCUT2D eigenvalue weighted by atomic mass is 16.5. The number of hydrogen-bond donors (Lipinski definition) is 1. The van der Waals surface area contributed by atoms with E-state index in [1.54, 1.807) is 19.2 Å². The first kappa shape index (κ1) is 16.4. The van der Waals surface area contributed by atoms with Gasteiger partial charge in [-0.1, -0.05) is 24.3 Å². The second-order valence-corrected chi connectivity index (χ2v) is 6.49. The van der Waals surface area contributed by atoms with E-state index in [1.165, 1.54) is 17.2 Å². The van der Waals surface area contributed by atoms with E-state index in [2.05, 4.69) is 17.4 Å². The van der Waals surface area contributed by atoms with Gasteiger partial charge in [0.05, 0.1) is 19.6 Å². The van der Waals surface area contributed by atoms with Gasteiger partial charge in [0.1, 0.15) is 11.3 Å². The molecule has 1 amide bonds. The van der Waals surface area contributed by atoms with Gasteiger partial charge in [-0.05, 0) is 41.7 Å². The number of methoxy groups -OCH3 is 1. The van der Waals surface area contributed by atoms with Crippen molar-refractivity contribution in [3.05, 3.63) is 75.6 Å².